The number of nitrogens with one attached hydrogen (secondary N) is 1. The number of esters is 1. The first-order valence-electron chi connectivity index (χ1n) is 10.3. The van der Waals surface area contributed by atoms with E-state index in [0.717, 1.165) is 16.9 Å². The van der Waals surface area contributed by atoms with Crippen LogP contribution in [0.1, 0.15) is 44.2 Å². The van der Waals surface area contributed by atoms with Crippen LogP contribution in [0.25, 0.3) is 0 Å². The fourth-order valence-corrected chi connectivity index (χ4v) is 3.38. The molecule has 0 spiro atoms. The van der Waals surface area contributed by atoms with E-state index in [4.69, 9.17) is 14.2 Å². The number of alkyl carbamates (subject to hydrolysis) is 1. The van der Waals surface area contributed by atoms with Crippen LogP contribution in [-0.2, 0) is 27.3 Å². The van der Waals surface area contributed by atoms with Crippen molar-refractivity contribution in [3.8, 4) is 5.75 Å². The lowest BCUT2D eigenvalue weighted by molar-refractivity contribution is -0.151. The summed E-state index contributed by atoms with van der Waals surface area (Å²) in [6.07, 6.45) is 1.42. The molecule has 1 N–H and O–H groups in total. The number of amides is 1. The molecule has 0 bridgehead atoms. The third-order valence-electron chi connectivity index (χ3n) is 4.90. The Hall–Kier alpha value is -3.02. The van der Waals surface area contributed by atoms with Crippen molar-refractivity contribution in [1.29, 1.82) is 0 Å². The topological polar surface area (TPSA) is 73.9 Å². The first-order valence-corrected chi connectivity index (χ1v) is 10.3. The van der Waals surface area contributed by atoms with Crippen molar-refractivity contribution in [3.05, 3.63) is 65.7 Å². The van der Waals surface area contributed by atoms with Crippen LogP contribution in [-0.4, -0.2) is 31.3 Å². The molecule has 0 saturated carbocycles. The van der Waals surface area contributed by atoms with E-state index in [-0.39, 0.29) is 6.61 Å². The van der Waals surface area contributed by atoms with E-state index in [9.17, 15) is 9.59 Å². The third kappa shape index (κ3) is 6.51. The first kappa shape index (κ1) is 23.3. The van der Waals surface area contributed by atoms with Gasteiger partial charge in [-0.15, -0.1) is 0 Å². The molecule has 6 heteroatoms. The largest absolute Gasteiger partial charge is 0.489 e. The summed E-state index contributed by atoms with van der Waals surface area (Å²) in [5, 5.41) is 2.74. The summed E-state index contributed by atoms with van der Waals surface area (Å²) in [4.78, 5) is 24.8. The van der Waals surface area contributed by atoms with E-state index >= 15 is 0 Å². The second-order valence-corrected chi connectivity index (χ2v) is 7.05. The zero-order valence-corrected chi connectivity index (χ0v) is 18.0. The molecule has 0 aliphatic carbocycles. The molecule has 1 atom stereocenters. The highest BCUT2D eigenvalue weighted by molar-refractivity contribution is 5.85. The summed E-state index contributed by atoms with van der Waals surface area (Å²) in [7, 11) is 1.28. The van der Waals surface area contributed by atoms with Gasteiger partial charge in [-0.3, -0.25) is 0 Å². The van der Waals surface area contributed by atoms with Gasteiger partial charge in [0.2, 0.25) is 0 Å². The Kier molecular flexibility index (Phi) is 9.19. The van der Waals surface area contributed by atoms with Crippen LogP contribution in [0.4, 0.5) is 4.79 Å². The van der Waals surface area contributed by atoms with Crippen molar-refractivity contribution in [2.45, 2.75) is 51.7 Å². The van der Waals surface area contributed by atoms with Crippen LogP contribution in [0.2, 0.25) is 0 Å². The van der Waals surface area contributed by atoms with Crippen LogP contribution in [0.15, 0.2) is 54.6 Å². The molecule has 0 aliphatic heterocycles. The van der Waals surface area contributed by atoms with Gasteiger partial charge in [0.1, 0.15) is 17.9 Å². The Balaban J connectivity index is 2.19. The normalized spacial score (nSPS) is 12.5. The molecule has 30 heavy (non-hydrogen) atoms. The number of methoxy groups -OCH3 is 1. The number of rotatable bonds is 11. The van der Waals surface area contributed by atoms with Crippen molar-refractivity contribution in [3.63, 3.8) is 0 Å². The average Bonchev–Trinajstić information content (AvgIpc) is 2.77. The SMILES string of the molecule is CCCC(CCc1ccccc1OCc1ccccc1)(NC(=O)OC)C(=O)OCC. The van der Waals surface area contributed by atoms with Crippen LogP contribution >= 0.6 is 0 Å². The Bertz CT molecular complexity index is 808. The van der Waals surface area contributed by atoms with Gasteiger partial charge >= 0.3 is 12.1 Å². The molecule has 162 valence electrons. The maximum Gasteiger partial charge on any atom is 0.407 e. The summed E-state index contributed by atoms with van der Waals surface area (Å²) in [5.74, 6) is 0.314. The predicted molar refractivity (Wildman–Crippen MR) is 115 cm³/mol. The highest BCUT2D eigenvalue weighted by atomic mass is 16.5. The molecule has 0 saturated heterocycles. The molecule has 2 rings (SSSR count). The number of hydrogen-bond donors (Lipinski definition) is 1. The number of carbonyl (C=O) groups excluding carboxylic acids is 2. The summed E-state index contributed by atoms with van der Waals surface area (Å²) in [5.41, 5.74) is 0.890. The van der Waals surface area contributed by atoms with Gasteiger partial charge in [0.25, 0.3) is 0 Å². The van der Waals surface area contributed by atoms with Gasteiger partial charge in [-0.25, -0.2) is 9.59 Å². The fraction of sp³-hybridized carbons (Fsp3) is 0.417. The minimum absolute atomic E-state index is 0.240. The average molecular weight is 414 g/mol. The van der Waals surface area contributed by atoms with E-state index in [1.165, 1.54) is 7.11 Å². The lowest BCUT2D eigenvalue weighted by Gasteiger charge is -2.32. The number of para-hydroxylation sites is 1. The lowest BCUT2D eigenvalue weighted by atomic mass is 9.86. The lowest BCUT2D eigenvalue weighted by Crippen LogP contribution is -2.55. The van der Waals surface area contributed by atoms with Crippen LogP contribution in [0, 0.1) is 0 Å². The van der Waals surface area contributed by atoms with Crippen LogP contribution < -0.4 is 10.1 Å². The molecule has 1 amide bonds. The Morgan fingerprint density at radius 3 is 2.33 bits per heavy atom. The second-order valence-electron chi connectivity index (χ2n) is 7.05. The first-order chi connectivity index (χ1) is 14.5. The minimum Gasteiger partial charge on any atom is -0.489 e. The molecule has 2 aromatic carbocycles. The zero-order valence-electron chi connectivity index (χ0n) is 18.0. The van der Waals surface area contributed by atoms with E-state index < -0.39 is 17.6 Å². The van der Waals surface area contributed by atoms with Gasteiger partial charge in [0.05, 0.1) is 13.7 Å². The van der Waals surface area contributed by atoms with Gasteiger partial charge in [0.15, 0.2) is 0 Å². The number of ether oxygens (including phenoxy) is 3. The Morgan fingerprint density at radius 1 is 0.967 bits per heavy atom. The summed E-state index contributed by atoms with van der Waals surface area (Å²) in [6.45, 7) is 4.41. The molecule has 0 aromatic heterocycles. The monoisotopic (exact) mass is 413 g/mol. The van der Waals surface area contributed by atoms with E-state index in [2.05, 4.69) is 5.32 Å². The predicted octanol–water partition coefficient (Wildman–Crippen LogP) is 4.66. The van der Waals surface area contributed by atoms with E-state index in [1.807, 2.05) is 61.5 Å². The van der Waals surface area contributed by atoms with Gasteiger partial charge in [0, 0.05) is 0 Å². The molecule has 0 fully saturated rings. The zero-order chi connectivity index (χ0) is 21.8. The van der Waals surface area contributed by atoms with Crippen molar-refractivity contribution in [2.24, 2.45) is 0 Å². The standard InChI is InChI=1S/C24H31NO5/c1-4-16-24(22(26)29-5-2,25-23(27)28-3)17-15-20-13-9-10-14-21(20)30-18-19-11-7-6-8-12-19/h6-14H,4-5,15-18H2,1-3H3,(H,25,27). The number of benzene rings is 2. The highest BCUT2D eigenvalue weighted by Gasteiger charge is 2.40. The van der Waals surface area contributed by atoms with E-state index in [1.54, 1.807) is 6.92 Å². The van der Waals surface area contributed by atoms with Crippen molar-refractivity contribution in [2.75, 3.05) is 13.7 Å². The number of hydrogen-bond acceptors (Lipinski definition) is 5. The van der Waals surface area contributed by atoms with E-state index in [0.29, 0.717) is 32.3 Å². The van der Waals surface area contributed by atoms with Crippen molar-refractivity contribution in [1.82, 2.24) is 5.32 Å². The molecular formula is C24H31NO5. The van der Waals surface area contributed by atoms with Gasteiger partial charge in [-0.05, 0) is 43.4 Å². The number of carbonyl (C=O) groups is 2. The van der Waals surface area contributed by atoms with Crippen LogP contribution in [0.3, 0.4) is 0 Å². The molecule has 1 unspecified atom stereocenters. The van der Waals surface area contributed by atoms with Gasteiger partial charge in [-0.2, -0.15) is 0 Å². The Morgan fingerprint density at radius 2 is 1.67 bits per heavy atom. The maximum absolute atomic E-state index is 12.8. The van der Waals surface area contributed by atoms with Gasteiger partial charge in [-0.1, -0.05) is 61.9 Å². The molecule has 6 nitrogen and oxygen atoms in total. The van der Waals surface area contributed by atoms with Crippen molar-refractivity contribution >= 4 is 12.1 Å². The fourth-order valence-electron chi connectivity index (χ4n) is 3.38. The van der Waals surface area contributed by atoms with Crippen molar-refractivity contribution < 1.29 is 23.8 Å². The quantitative estimate of drug-likeness (QED) is 0.543. The molecule has 0 aliphatic rings. The number of aryl methyl sites for hydroxylation is 1. The summed E-state index contributed by atoms with van der Waals surface area (Å²) in [6, 6.07) is 17.7. The Labute approximate surface area is 178 Å². The highest BCUT2D eigenvalue weighted by Crippen LogP contribution is 2.27. The van der Waals surface area contributed by atoms with Gasteiger partial charge < -0.3 is 19.5 Å². The van der Waals surface area contributed by atoms with Crippen LogP contribution in [0.5, 0.6) is 5.75 Å². The molecular weight excluding hydrogens is 382 g/mol. The summed E-state index contributed by atoms with van der Waals surface area (Å²) < 4.78 is 16.1. The minimum atomic E-state index is -1.15. The maximum atomic E-state index is 12.8. The molecule has 0 heterocycles. The third-order valence-corrected chi connectivity index (χ3v) is 4.90. The molecule has 2 aromatic rings. The summed E-state index contributed by atoms with van der Waals surface area (Å²) >= 11 is 0. The second kappa shape index (κ2) is 11.9. The smallest absolute Gasteiger partial charge is 0.407 e. The molecule has 0 radical (unpaired) electrons.